The number of amides is 2. The van der Waals surface area contributed by atoms with Crippen LogP contribution in [-0.4, -0.2) is 45.3 Å². The van der Waals surface area contributed by atoms with Gasteiger partial charge in [0.05, 0.1) is 13.1 Å². The van der Waals surface area contributed by atoms with E-state index < -0.39 is 0 Å². The molecule has 0 aliphatic carbocycles. The molecular weight excluding hydrogens is 398 g/mol. The molecule has 0 aliphatic rings. The number of hydrogen-bond acceptors (Lipinski definition) is 2. The van der Waals surface area contributed by atoms with E-state index in [1.54, 1.807) is 4.90 Å². The molecule has 0 bridgehead atoms. The highest BCUT2D eigenvalue weighted by atomic mass is 16.2. The van der Waals surface area contributed by atoms with Crippen molar-refractivity contribution in [2.75, 3.05) is 13.1 Å². The van der Waals surface area contributed by atoms with Crippen LogP contribution in [0, 0.1) is 0 Å². The van der Waals surface area contributed by atoms with Gasteiger partial charge in [-0.3, -0.25) is 9.59 Å². The molecule has 2 aromatic rings. The molecule has 0 fully saturated rings. The van der Waals surface area contributed by atoms with E-state index in [0.717, 1.165) is 44.3 Å². The SMILES string of the molecule is CCCCCN(CC(=O)N(Cc1cccn1Cc1ccccc1)C(C)C)C(=O)CCCC. The first-order valence-electron chi connectivity index (χ1n) is 12.2. The van der Waals surface area contributed by atoms with Gasteiger partial charge in [-0.05, 0) is 44.4 Å². The average Bonchev–Trinajstić information content (AvgIpc) is 3.22. The summed E-state index contributed by atoms with van der Waals surface area (Å²) in [5.74, 6) is 0.126. The quantitative estimate of drug-likeness (QED) is 0.366. The minimum absolute atomic E-state index is 0.0220. The second-order valence-corrected chi connectivity index (χ2v) is 8.85. The maximum atomic E-state index is 13.3. The van der Waals surface area contributed by atoms with Gasteiger partial charge in [0.15, 0.2) is 0 Å². The number of carbonyl (C=O) groups is 2. The molecule has 0 unspecified atom stereocenters. The van der Waals surface area contributed by atoms with Gasteiger partial charge in [-0.15, -0.1) is 0 Å². The molecule has 0 saturated heterocycles. The van der Waals surface area contributed by atoms with Crippen LogP contribution in [-0.2, 0) is 22.7 Å². The van der Waals surface area contributed by atoms with Crippen LogP contribution in [0.5, 0.6) is 0 Å². The van der Waals surface area contributed by atoms with Gasteiger partial charge in [0.2, 0.25) is 11.8 Å². The predicted molar refractivity (Wildman–Crippen MR) is 131 cm³/mol. The molecule has 0 spiro atoms. The van der Waals surface area contributed by atoms with Gasteiger partial charge in [-0.2, -0.15) is 0 Å². The van der Waals surface area contributed by atoms with Crippen LogP contribution in [0.1, 0.15) is 77.5 Å². The Hall–Kier alpha value is -2.56. The van der Waals surface area contributed by atoms with Crippen molar-refractivity contribution in [1.82, 2.24) is 14.4 Å². The van der Waals surface area contributed by atoms with Gasteiger partial charge in [0.25, 0.3) is 0 Å². The van der Waals surface area contributed by atoms with E-state index in [1.165, 1.54) is 5.56 Å². The molecule has 0 N–H and O–H groups in total. The van der Waals surface area contributed by atoms with E-state index in [4.69, 9.17) is 0 Å². The van der Waals surface area contributed by atoms with Crippen LogP contribution < -0.4 is 0 Å². The minimum Gasteiger partial charge on any atom is -0.345 e. The summed E-state index contributed by atoms with van der Waals surface area (Å²) in [7, 11) is 0. The Morgan fingerprint density at radius 3 is 2.28 bits per heavy atom. The summed E-state index contributed by atoms with van der Waals surface area (Å²) in [6.45, 7) is 10.5. The molecule has 1 heterocycles. The number of nitrogens with zero attached hydrogens (tertiary/aromatic N) is 3. The molecule has 5 nitrogen and oxygen atoms in total. The van der Waals surface area contributed by atoms with Gasteiger partial charge >= 0.3 is 0 Å². The molecular formula is C27H41N3O2. The molecule has 0 radical (unpaired) electrons. The van der Waals surface area contributed by atoms with Crippen molar-refractivity contribution in [2.45, 2.75) is 85.4 Å². The summed E-state index contributed by atoms with van der Waals surface area (Å²) in [4.78, 5) is 29.8. The Balaban J connectivity index is 2.09. The van der Waals surface area contributed by atoms with Crippen molar-refractivity contribution >= 4 is 11.8 Å². The fourth-order valence-electron chi connectivity index (χ4n) is 3.85. The van der Waals surface area contributed by atoms with Crippen LogP contribution in [0.25, 0.3) is 0 Å². The average molecular weight is 440 g/mol. The molecule has 2 amide bonds. The van der Waals surface area contributed by atoms with Gasteiger partial charge in [-0.1, -0.05) is 63.4 Å². The highest BCUT2D eigenvalue weighted by molar-refractivity contribution is 5.85. The number of benzene rings is 1. The second-order valence-electron chi connectivity index (χ2n) is 8.85. The van der Waals surface area contributed by atoms with E-state index in [-0.39, 0.29) is 24.4 Å². The normalized spacial score (nSPS) is 11.0. The van der Waals surface area contributed by atoms with E-state index in [2.05, 4.69) is 42.8 Å². The highest BCUT2D eigenvalue weighted by Gasteiger charge is 2.23. The van der Waals surface area contributed by atoms with Crippen molar-refractivity contribution in [3.05, 3.63) is 59.9 Å². The number of carbonyl (C=O) groups excluding carboxylic acids is 2. The number of unbranched alkanes of at least 4 members (excludes halogenated alkanes) is 3. The van der Waals surface area contributed by atoms with Gasteiger partial charge in [0, 0.05) is 37.4 Å². The first-order valence-corrected chi connectivity index (χ1v) is 12.2. The van der Waals surface area contributed by atoms with Crippen molar-refractivity contribution in [3.63, 3.8) is 0 Å². The van der Waals surface area contributed by atoms with E-state index in [0.29, 0.717) is 19.5 Å². The third-order valence-electron chi connectivity index (χ3n) is 5.85. The summed E-state index contributed by atoms with van der Waals surface area (Å²) in [5.41, 5.74) is 2.33. The summed E-state index contributed by atoms with van der Waals surface area (Å²) in [6, 6.07) is 14.5. The largest absolute Gasteiger partial charge is 0.345 e. The zero-order valence-electron chi connectivity index (χ0n) is 20.4. The second kappa shape index (κ2) is 13.8. The van der Waals surface area contributed by atoms with Crippen molar-refractivity contribution in [1.29, 1.82) is 0 Å². The summed E-state index contributed by atoms with van der Waals surface area (Å²) in [6.07, 6.45) is 7.57. The van der Waals surface area contributed by atoms with Crippen LogP contribution in [0.2, 0.25) is 0 Å². The zero-order chi connectivity index (χ0) is 23.3. The lowest BCUT2D eigenvalue weighted by Crippen LogP contribution is -2.45. The number of rotatable bonds is 14. The summed E-state index contributed by atoms with van der Waals surface area (Å²) < 4.78 is 2.20. The molecule has 176 valence electrons. The predicted octanol–water partition coefficient (Wildman–Crippen LogP) is 5.48. The lowest BCUT2D eigenvalue weighted by atomic mass is 10.2. The number of hydrogen-bond donors (Lipinski definition) is 0. The Morgan fingerprint density at radius 1 is 0.906 bits per heavy atom. The van der Waals surface area contributed by atoms with Gasteiger partial charge in [-0.25, -0.2) is 0 Å². The third kappa shape index (κ3) is 8.18. The van der Waals surface area contributed by atoms with Crippen molar-refractivity contribution in [2.24, 2.45) is 0 Å². The molecule has 1 aromatic carbocycles. The lowest BCUT2D eigenvalue weighted by Gasteiger charge is -2.31. The van der Waals surface area contributed by atoms with E-state index in [1.807, 2.05) is 43.0 Å². The topological polar surface area (TPSA) is 45.6 Å². The lowest BCUT2D eigenvalue weighted by molar-refractivity contribution is -0.142. The molecule has 0 atom stereocenters. The van der Waals surface area contributed by atoms with Crippen LogP contribution >= 0.6 is 0 Å². The fourth-order valence-corrected chi connectivity index (χ4v) is 3.85. The Kier molecular flexibility index (Phi) is 11.1. The third-order valence-corrected chi connectivity index (χ3v) is 5.85. The fraction of sp³-hybridized carbons (Fsp3) is 0.556. The molecule has 5 heteroatoms. The Bertz CT molecular complexity index is 813. The summed E-state index contributed by atoms with van der Waals surface area (Å²) in [5, 5.41) is 0. The molecule has 1 aromatic heterocycles. The van der Waals surface area contributed by atoms with Crippen molar-refractivity contribution in [3.8, 4) is 0 Å². The molecule has 32 heavy (non-hydrogen) atoms. The Labute approximate surface area is 194 Å². The van der Waals surface area contributed by atoms with Gasteiger partial charge < -0.3 is 14.4 Å². The van der Waals surface area contributed by atoms with Crippen LogP contribution in [0.15, 0.2) is 48.7 Å². The monoisotopic (exact) mass is 439 g/mol. The maximum absolute atomic E-state index is 13.3. The van der Waals surface area contributed by atoms with Crippen LogP contribution in [0.3, 0.4) is 0 Å². The molecule has 0 aliphatic heterocycles. The highest BCUT2D eigenvalue weighted by Crippen LogP contribution is 2.14. The smallest absolute Gasteiger partial charge is 0.242 e. The Morgan fingerprint density at radius 2 is 1.62 bits per heavy atom. The first-order chi connectivity index (χ1) is 15.5. The number of aromatic nitrogens is 1. The minimum atomic E-state index is 0.0220. The van der Waals surface area contributed by atoms with Crippen LogP contribution in [0.4, 0.5) is 0 Å². The van der Waals surface area contributed by atoms with Crippen molar-refractivity contribution < 1.29 is 9.59 Å². The molecule has 2 rings (SSSR count). The van der Waals surface area contributed by atoms with Gasteiger partial charge in [0.1, 0.15) is 0 Å². The zero-order valence-corrected chi connectivity index (χ0v) is 20.4. The first kappa shape index (κ1) is 25.7. The molecule has 0 saturated carbocycles. The van der Waals surface area contributed by atoms with E-state index >= 15 is 0 Å². The maximum Gasteiger partial charge on any atom is 0.242 e. The summed E-state index contributed by atoms with van der Waals surface area (Å²) >= 11 is 0. The van der Waals surface area contributed by atoms with E-state index in [9.17, 15) is 9.59 Å². The standard InChI is InChI=1S/C27H41N3O2/c1-5-7-12-18-29(26(31)17-8-6-2)22-27(32)30(23(3)4)21-25-16-13-19-28(25)20-24-14-10-9-11-15-24/h9-11,13-16,19,23H,5-8,12,17-18,20-22H2,1-4H3.